The van der Waals surface area contributed by atoms with Gasteiger partial charge in [-0.25, -0.2) is 24.5 Å². The van der Waals surface area contributed by atoms with Crippen molar-refractivity contribution in [2.24, 2.45) is 0 Å². The van der Waals surface area contributed by atoms with Crippen LogP contribution in [0.4, 0.5) is 5.82 Å². The number of amides is 2. The van der Waals surface area contributed by atoms with E-state index in [4.69, 9.17) is 0 Å². The van der Waals surface area contributed by atoms with Crippen molar-refractivity contribution in [1.29, 1.82) is 0 Å². The molecule has 9 heteroatoms. The minimum atomic E-state index is -0.439. The summed E-state index contributed by atoms with van der Waals surface area (Å²) in [6, 6.07) is 11.6. The molecule has 0 N–H and O–H groups in total. The quantitative estimate of drug-likeness (QED) is 0.541. The van der Waals surface area contributed by atoms with Crippen molar-refractivity contribution in [1.82, 2.24) is 29.3 Å². The van der Waals surface area contributed by atoms with Crippen molar-refractivity contribution >= 4 is 28.8 Å². The van der Waals surface area contributed by atoms with Crippen LogP contribution in [0.1, 0.15) is 19.4 Å². The van der Waals surface area contributed by atoms with Crippen LogP contribution in [-0.2, 0) is 16.1 Å². The number of hydrogen-bond acceptors (Lipinski definition) is 6. The van der Waals surface area contributed by atoms with Crippen LogP contribution in [0.2, 0.25) is 0 Å². The number of aromatic nitrogens is 6. The molecule has 0 aliphatic carbocycles. The van der Waals surface area contributed by atoms with Crippen LogP contribution in [0.3, 0.4) is 0 Å². The van der Waals surface area contributed by atoms with Crippen LogP contribution >= 0.6 is 0 Å². The number of imidazole rings is 1. The molecule has 1 aromatic carbocycles. The molecule has 0 spiro atoms. The Balaban J connectivity index is 1.96. The summed E-state index contributed by atoms with van der Waals surface area (Å²) in [5, 5.41) is 4.27. The van der Waals surface area contributed by atoms with Gasteiger partial charge in [0.05, 0.1) is 6.54 Å². The molecule has 0 aliphatic rings. The SMILES string of the molecule is CC(=O)N(C(C)=O)c1ncnc2c1nc(-n1cccn1)n2Cc1ccccc1. The Hall–Kier alpha value is -3.88. The van der Waals surface area contributed by atoms with Gasteiger partial charge in [-0.15, -0.1) is 0 Å². The summed E-state index contributed by atoms with van der Waals surface area (Å²) < 4.78 is 3.49. The highest BCUT2D eigenvalue weighted by Crippen LogP contribution is 2.26. The Labute approximate surface area is 160 Å². The number of carbonyl (C=O) groups is 2. The average Bonchev–Trinajstić information content (AvgIpc) is 3.31. The van der Waals surface area contributed by atoms with Crippen LogP contribution in [0, 0.1) is 0 Å². The summed E-state index contributed by atoms with van der Waals surface area (Å²) in [5.41, 5.74) is 1.91. The van der Waals surface area contributed by atoms with Gasteiger partial charge in [0.25, 0.3) is 0 Å². The highest BCUT2D eigenvalue weighted by Gasteiger charge is 2.25. The second kappa shape index (κ2) is 7.03. The van der Waals surface area contributed by atoms with Crippen molar-refractivity contribution in [3.63, 3.8) is 0 Å². The number of fused-ring (bicyclic) bond motifs is 1. The van der Waals surface area contributed by atoms with E-state index >= 15 is 0 Å². The van der Waals surface area contributed by atoms with E-state index in [1.165, 1.54) is 20.2 Å². The number of benzene rings is 1. The fourth-order valence-electron chi connectivity index (χ4n) is 3.07. The third-order valence-electron chi connectivity index (χ3n) is 4.23. The molecule has 2 amide bonds. The van der Waals surface area contributed by atoms with Crippen LogP contribution in [0.15, 0.2) is 55.1 Å². The van der Waals surface area contributed by atoms with E-state index in [-0.39, 0.29) is 5.82 Å². The third kappa shape index (κ3) is 3.02. The summed E-state index contributed by atoms with van der Waals surface area (Å²) in [4.78, 5) is 38.2. The molecule has 9 nitrogen and oxygen atoms in total. The van der Waals surface area contributed by atoms with E-state index in [1.807, 2.05) is 34.9 Å². The van der Waals surface area contributed by atoms with Gasteiger partial charge in [0.2, 0.25) is 17.8 Å². The highest BCUT2D eigenvalue weighted by atomic mass is 16.2. The first-order valence-electron chi connectivity index (χ1n) is 8.62. The smallest absolute Gasteiger partial charge is 0.233 e. The molecule has 0 atom stereocenters. The zero-order valence-corrected chi connectivity index (χ0v) is 15.4. The Kier molecular flexibility index (Phi) is 4.40. The molecule has 0 unspecified atom stereocenters. The topological polar surface area (TPSA) is 98.8 Å². The zero-order valence-electron chi connectivity index (χ0n) is 15.4. The van der Waals surface area contributed by atoms with Crippen LogP contribution in [0.5, 0.6) is 0 Å². The number of anilines is 1. The first-order valence-corrected chi connectivity index (χ1v) is 8.62. The molecule has 0 aliphatic heterocycles. The summed E-state index contributed by atoms with van der Waals surface area (Å²) in [6.45, 7) is 3.11. The summed E-state index contributed by atoms with van der Waals surface area (Å²) in [5.74, 6) is -0.209. The predicted molar refractivity (Wildman–Crippen MR) is 102 cm³/mol. The minimum absolute atomic E-state index is 0.158. The molecule has 4 rings (SSSR count). The lowest BCUT2D eigenvalue weighted by Gasteiger charge is -2.15. The van der Waals surface area contributed by atoms with Gasteiger partial charge in [-0.1, -0.05) is 30.3 Å². The van der Waals surface area contributed by atoms with Gasteiger partial charge in [0.1, 0.15) is 6.33 Å². The van der Waals surface area contributed by atoms with Crippen molar-refractivity contribution in [2.45, 2.75) is 20.4 Å². The van der Waals surface area contributed by atoms with Gasteiger partial charge in [0.15, 0.2) is 17.0 Å². The second-order valence-corrected chi connectivity index (χ2v) is 6.18. The number of hydrogen-bond donors (Lipinski definition) is 0. The van der Waals surface area contributed by atoms with E-state index in [9.17, 15) is 9.59 Å². The van der Waals surface area contributed by atoms with E-state index in [1.54, 1.807) is 23.1 Å². The first kappa shape index (κ1) is 17.5. The maximum Gasteiger partial charge on any atom is 0.233 e. The van der Waals surface area contributed by atoms with Crippen LogP contribution in [0.25, 0.3) is 17.1 Å². The Morgan fingerprint density at radius 2 is 1.79 bits per heavy atom. The maximum absolute atomic E-state index is 12.0. The lowest BCUT2D eigenvalue weighted by Crippen LogP contribution is -2.34. The van der Waals surface area contributed by atoms with Crippen molar-refractivity contribution in [3.05, 3.63) is 60.7 Å². The molecule has 0 bridgehead atoms. The van der Waals surface area contributed by atoms with Crippen LogP contribution < -0.4 is 4.90 Å². The van der Waals surface area contributed by atoms with Gasteiger partial charge in [0, 0.05) is 26.2 Å². The number of imide groups is 1. The summed E-state index contributed by atoms with van der Waals surface area (Å²) in [7, 11) is 0. The molecule has 0 radical (unpaired) electrons. The molecule has 0 fully saturated rings. The molecule has 140 valence electrons. The summed E-state index contributed by atoms with van der Waals surface area (Å²) in [6.07, 6.45) is 4.74. The fourth-order valence-corrected chi connectivity index (χ4v) is 3.07. The van der Waals surface area contributed by atoms with Gasteiger partial charge in [-0.3, -0.25) is 14.2 Å². The van der Waals surface area contributed by atoms with Crippen molar-refractivity contribution in [3.8, 4) is 5.95 Å². The zero-order chi connectivity index (χ0) is 19.7. The Morgan fingerprint density at radius 3 is 2.43 bits per heavy atom. The van der Waals surface area contributed by atoms with Gasteiger partial charge in [-0.2, -0.15) is 5.10 Å². The minimum Gasteiger partial charge on any atom is -0.288 e. The first-order chi connectivity index (χ1) is 13.6. The average molecular weight is 375 g/mol. The highest BCUT2D eigenvalue weighted by molar-refractivity contribution is 6.15. The second-order valence-electron chi connectivity index (χ2n) is 6.18. The largest absolute Gasteiger partial charge is 0.288 e. The predicted octanol–water partition coefficient (Wildman–Crippen LogP) is 1.96. The number of nitrogens with zero attached hydrogens (tertiary/aromatic N) is 7. The Bertz CT molecular complexity index is 1140. The number of carbonyl (C=O) groups excluding carboxylic acids is 2. The third-order valence-corrected chi connectivity index (χ3v) is 4.23. The van der Waals surface area contributed by atoms with E-state index in [2.05, 4.69) is 20.1 Å². The molecule has 4 aromatic rings. The molecule has 0 saturated heterocycles. The van der Waals surface area contributed by atoms with Gasteiger partial charge in [-0.05, 0) is 11.6 Å². The molecular weight excluding hydrogens is 358 g/mol. The van der Waals surface area contributed by atoms with E-state index in [0.717, 1.165) is 10.5 Å². The van der Waals surface area contributed by atoms with Crippen molar-refractivity contribution < 1.29 is 9.59 Å². The Morgan fingerprint density at radius 1 is 1.04 bits per heavy atom. The van der Waals surface area contributed by atoms with Gasteiger partial charge < -0.3 is 0 Å². The molecule has 3 aromatic heterocycles. The van der Waals surface area contributed by atoms with Crippen LogP contribution in [-0.4, -0.2) is 41.1 Å². The molecular formula is C19H17N7O2. The van der Waals surface area contributed by atoms with E-state index in [0.29, 0.717) is 23.7 Å². The van der Waals surface area contributed by atoms with E-state index < -0.39 is 11.8 Å². The lowest BCUT2D eigenvalue weighted by atomic mass is 10.2. The maximum atomic E-state index is 12.0. The summed E-state index contributed by atoms with van der Waals surface area (Å²) >= 11 is 0. The normalized spacial score (nSPS) is 10.9. The standard InChI is InChI=1S/C19H17N7O2/c1-13(27)26(14(2)28)18-16-17(20-12-21-18)24(11-15-7-4-3-5-8-15)19(23-16)25-10-6-9-22-25/h3-10,12H,11H2,1-2H3. The van der Waals surface area contributed by atoms with Crippen molar-refractivity contribution in [2.75, 3.05) is 4.90 Å². The molecule has 0 saturated carbocycles. The number of rotatable bonds is 4. The molecule has 3 heterocycles. The molecule has 28 heavy (non-hydrogen) atoms. The fraction of sp³-hybridized carbons (Fsp3) is 0.158. The monoisotopic (exact) mass is 375 g/mol. The lowest BCUT2D eigenvalue weighted by molar-refractivity contribution is -0.124. The van der Waals surface area contributed by atoms with Gasteiger partial charge >= 0.3 is 0 Å².